The smallest absolute Gasteiger partial charge is 0.289 e. The van der Waals surface area contributed by atoms with Crippen molar-refractivity contribution < 1.29 is 18.1 Å². The molecule has 31 heavy (non-hydrogen) atoms. The van der Waals surface area contributed by atoms with E-state index in [0.29, 0.717) is 13.1 Å². The highest BCUT2D eigenvalue weighted by Gasteiger charge is 2.21. The van der Waals surface area contributed by atoms with Gasteiger partial charge in [-0.15, -0.1) is 0 Å². The Hall–Kier alpha value is -1.79. The number of benzene rings is 1. The van der Waals surface area contributed by atoms with Gasteiger partial charge < -0.3 is 14.7 Å². The summed E-state index contributed by atoms with van der Waals surface area (Å²) < 4.78 is 27.2. The number of nitro groups is 1. The van der Waals surface area contributed by atoms with E-state index in [1.807, 2.05) is 38.0 Å². The van der Waals surface area contributed by atoms with E-state index >= 15 is 0 Å². The molecule has 1 amide bonds. The van der Waals surface area contributed by atoms with Crippen LogP contribution in [0, 0.1) is 10.1 Å². The van der Waals surface area contributed by atoms with E-state index in [2.05, 4.69) is 4.72 Å². The molecule has 0 aliphatic rings. The van der Waals surface area contributed by atoms with Gasteiger partial charge in [-0.1, -0.05) is 11.6 Å². The van der Waals surface area contributed by atoms with E-state index in [9.17, 15) is 23.3 Å². The number of hydrogen-bond donors (Lipinski definition) is 1. The fraction of sp³-hybridized carbons (Fsp3) is 0.632. The third kappa shape index (κ3) is 9.92. The Morgan fingerprint density at radius 1 is 1.06 bits per heavy atom. The monoisotopic (exact) mass is 477 g/mol. The highest BCUT2D eigenvalue weighted by atomic mass is 35.5. The molecule has 1 rings (SSSR count). The number of carbonyl (C=O) groups excluding carboxylic acids is 1. The van der Waals surface area contributed by atoms with E-state index < -0.39 is 20.6 Å². The van der Waals surface area contributed by atoms with Crippen molar-refractivity contribution in [2.45, 2.75) is 24.2 Å². The standard InChI is InChI=1S/C19H32ClN5O5S/c1-22(2)11-5-13-24(14-6-12-23(3)4)19(26)9-10-21-31(29,30)16-7-8-17(20)18(15-16)25(27)28/h7-8,15,21H,5-6,9-14H2,1-4H3. The molecule has 10 nitrogen and oxygen atoms in total. The summed E-state index contributed by atoms with van der Waals surface area (Å²) in [6.07, 6.45) is 1.64. The predicted molar refractivity (Wildman–Crippen MR) is 121 cm³/mol. The van der Waals surface area contributed by atoms with Crippen LogP contribution in [0.15, 0.2) is 23.1 Å². The molecule has 1 aromatic rings. The number of nitrogens with one attached hydrogen (secondary N) is 1. The molecule has 0 aliphatic carbocycles. The summed E-state index contributed by atoms with van der Waals surface area (Å²) in [5, 5.41) is 10.8. The van der Waals surface area contributed by atoms with Gasteiger partial charge in [0.25, 0.3) is 5.69 Å². The maximum atomic E-state index is 12.7. The van der Waals surface area contributed by atoms with Crippen molar-refractivity contribution in [1.29, 1.82) is 0 Å². The van der Waals surface area contributed by atoms with Crippen molar-refractivity contribution in [3.63, 3.8) is 0 Å². The van der Waals surface area contributed by atoms with Crippen LogP contribution in [-0.4, -0.2) is 94.9 Å². The number of amides is 1. The summed E-state index contributed by atoms with van der Waals surface area (Å²) in [5.74, 6) is -0.137. The number of rotatable bonds is 14. The number of halogens is 1. The zero-order chi connectivity index (χ0) is 23.6. The minimum absolute atomic E-state index is 0.00115. The van der Waals surface area contributed by atoms with E-state index in [4.69, 9.17) is 11.6 Å². The van der Waals surface area contributed by atoms with Crippen molar-refractivity contribution in [2.24, 2.45) is 0 Å². The molecule has 0 unspecified atom stereocenters. The van der Waals surface area contributed by atoms with E-state index in [1.54, 1.807) is 4.90 Å². The summed E-state index contributed by atoms with van der Waals surface area (Å²) in [5.41, 5.74) is -0.492. The summed E-state index contributed by atoms with van der Waals surface area (Å²) in [6.45, 7) is 2.79. The maximum Gasteiger partial charge on any atom is 0.289 e. The Balaban J connectivity index is 2.70. The second-order valence-corrected chi connectivity index (χ2v) is 9.89. The van der Waals surface area contributed by atoms with Crippen LogP contribution >= 0.6 is 11.6 Å². The zero-order valence-corrected chi connectivity index (χ0v) is 20.1. The fourth-order valence-corrected chi connectivity index (χ4v) is 4.09. The molecule has 0 saturated carbocycles. The Morgan fingerprint density at radius 3 is 2.10 bits per heavy atom. The van der Waals surface area contributed by atoms with Crippen LogP contribution in [-0.2, 0) is 14.8 Å². The van der Waals surface area contributed by atoms with Crippen molar-refractivity contribution >= 4 is 33.2 Å². The van der Waals surface area contributed by atoms with Gasteiger partial charge in [0.05, 0.1) is 9.82 Å². The number of carbonyl (C=O) groups is 1. The molecule has 1 aromatic carbocycles. The molecule has 0 saturated heterocycles. The van der Waals surface area contributed by atoms with E-state index in [1.165, 1.54) is 6.07 Å². The van der Waals surface area contributed by atoms with Crippen molar-refractivity contribution in [2.75, 3.05) is 60.9 Å². The van der Waals surface area contributed by atoms with Crippen LogP contribution in [0.4, 0.5) is 5.69 Å². The van der Waals surface area contributed by atoms with Crippen LogP contribution in [0.2, 0.25) is 5.02 Å². The van der Waals surface area contributed by atoms with Crippen molar-refractivity contribution in [3.05, 3.63) is 33.3 Å². The SMILES string of the molecule is CN(C)CCCN(CCCN(C)C)C(=O)CCNS(=O)(=O)c1ccc(Cl)c([N+](=O)[O-])c1. The average Bonchev–Trinajstić information content (AvgIpc) is 2.65. The number of nitro benzene ring substituents is 1. The topological polar surface area (TPSA) is 116 Å². The molecule has 176 valence electrons. The quantitative estimate of drug-likeness (QED) is 0.320. The number of nitrogens with zero attached hydrogens (tertiary/aromatic N) is 4. The summed E-state index contributed by atoms with van der Waals surface area (Å²) in [4.78, 5) is 28.5. The summed E-state index contributed by atoms with van der Waals surface area (Å²) in [6, 6.07) is 3.26. The van der Waals surface area contributed by atoms with E-state index in [-0.39, 0.29) is 28.8 Å². The highest BCUT2D eigenvalue weighted by Crippen LogP contribution is 2.26. The predicted octanol–water partition coefficient (Wildman–Crippen LogP) is 1.65. The molecule has 0 radical (unpaired) electrons. The minimum Gasteiger partial charge on any atom is -0.343 e. The number of hydrogen-bond acceptors (Lipinski definition) is 7. The van der Waals surface area contributed by atoms with Gasteiger partial charge in [-0.3, -0.25) is 14.9 Å². The maximum absolute atomic E-state index is 12.7. The zero-order valence-electron chi connectivity index (χ0n) is 18.5. The van der Waals surface area contributed by atoms with Gasteiger partial charge >= 0.3 is 0 Å². The molecule has 0 bridgehead atoms. The summed E-state index contributed by atoms with van der Waals surface area (Å²) in [7, 11) is 3.86. The first-order valence-electron chi connectivity index (χ1n) is 9.95. The molecule has 0 atom stereocenters. The lowest BCUT2D eigenvalue weighted by molar-refractivity contribution is -0.384. The van der Waals surface area contributed by atoms with Gasteiger partial charge in [-0.05, 0) is 66.3 Å². The van der Waals surface area contributed by atoms with Crippen LogP contribution in [0.25, 0.3) is 0 Å². The van der Waals surface area contributed by atoms with Gasteiger partial charge in [0.15, 0.2) is 0 Å². The van der Waals surface area contributed by atoms with Crippen molar-refractivity contribution in [3.8, 4) is 0 Å². The minimum atomic E-state index is -4.01. The third-order valence-corrected chi connectivity index (χ3v) is 6.25. The molecule has 12 heteroatoms. The summed E-state index contributed by atoms with van der Waals surface area (Å²) >= 11 is 5.73. The molecular weight excluding hydrogens is 446 g/mol. The molecule has 0 heterocycles. The Morgan fingerprint density at radius 2 is 1.61 bits per heavy atom. The lowest BCUT2D eigenvalue weighted by Gasteiger charge is -2.24. The largest absolute Gasteiger partial charge is 0.343 e. The second-order valence-electron chi connectivity index (χ2n) is 7.71. The van der Waals surface area contributed by atoms with Gasteiger partial charge in [0, 0.05) is 32.1 Å². The Labute approximate surface area is 189 Å². The van der Waals surface area contributed by atoms with Crippen LogP contribution in [0.1, 0.15) is 19.3 Å². The molecule has 0 aromatic heterocycles. The molecule has 0 spiro atoms. The first-order chi connectivity index (χ1) is 14.4. The fourth-order valence-electron chi connectivity index (χ4n) is 2.85. The first kappa shape index (κ1) is 27.2. The lowest BCUT2D eigenvalue weighted by Crippen LogP contribution is -2.37. The Bertz CT molecular complexity index is 834. The van der Waals surface area contributed by atoms with Gasteiger partial charge in [0.2, 0.25) is 15.9 Å². The molecule has 0 fully saturated rings. The van der Waals surface area contributed by atoms with Crippen LogP contribution in [0.3, 0.4) is 0 Å². The van der Waals surface area contributed by atoms with Gasteiger partial charge in [0.1, 0.15) is 5.02 Å². The van der Waals surface area contributed by atoms with Gasteiger partial charge in [-0.25, -0.2) is 13.1 Å². The van der Waals surface area contributed by atoms with E-state index in [0.717, 1.165) is 38.1 Å². The van der Waals surface area contributed by atoms with Gasteiger partial charge in [-0.2, -0.15) is 0 Å². The third-order valence-electron chi connectivity index (χ3n) is 4.47. The first-order valence-corrected chi connectivity index (χ1v) is 11.8. The van der Waals surface area contributed by atoms with Crippen LogP contribution < -0.4 is 4.72 Å². The highest BCUT2D eigenvalue weighted by molar-refractivity contribution is 7.89. The van der Waals surface area contributed by atoms with Crippen molar-refractivity contribution in [1.82, 2.24) is 19.4 Å². The lowest BCUT2D eigenvalue weighted by atomic mass is 10.2. The average molecular weight is 478 g/mol. The Kier molecular flexibility index (Phi) is 11.4. The number of sulfonamides is 1. The molecule has 1 N–H and O–H groups in total. The van der Waals surface area contributed by atoms with Crippen LogP contribution in [0.5, 0.6) is 0 Å². The normalized spacial score (nSPS) is 11.8. The molecule has 0 aliphatic heterocycles. The second kappa shape index (κ2) is 12.9. The molecular formula is C19H32ClN5O5S.